The second-order valence-corrected chi connectivity index (χ2v) is 12.9. The molecule has 4 N–H and O–H groups in total. The standard InChI is InChI=1S/C33H35F5N8O2/c1-16-14-47-31-25-22(46(16)18(3)20-6-4-8-41-30(20)40)11-24(48-15-32-7-5-9-45(32)13-19(34)12-32)43-29(25)27(35)28(44-31)21-10-23(39)42-17(2)26(21)33(36,37)38/h4,6,8,10-11,16,18-19H,5,7,9,12-15H2,1-3H3,(H2,39,42)(H2,40,41)/t16-,18+,19+,32-/m0/s1. The van der Waals surface area contributed by atoms with Crippen LogP contribution in [0.25, 0.3) is 22.2 Å². The third-order valence-corrected chi connectivity index (χ3v) is 9.78. The average Bonchev–Trinajstić information content (AvgIpc) is 3.49. The molecule has 4 aromatic heterocycles. The molecule has 2 saturated heterocycles. The smallest absolute Gasteiger partial charge is 0.418 e. The molecule has 7 heterocycles. The topological polar surface area (TPSA) is 129 Å². The zero-order valence-electron chi connectivity index (χ0n) is 26.6. The van der Waals surface area contributed by atoms with Gasteiger partial charge >= 0.3 is 6.18 Å². The SMILES string of the molecule is Cc1nc(N)cc(-c2nc3c4c(cc(OC[C@@]56CCCN5C[C@H](F)C6)nc4c2F)N([C@H](C)c2cccnc2N)[C@@H](C)CO3)c1C(F)(F)F. The molecule has 0 aromatic carbocycles. The Morgan fingerprint density at radius 3 is 2.73 bits per heavy atom. The second-order valence-electron chi connectivity index (χ2n) is 12.9. The first-order chi connectivity index (χ1) is 22.8. The summed E-state index contributed by atoms with van der Waals surface area (Å²) in [5, 5.41) is 0.153. The van der Waals surface area contributed by atoms with Crippen molar-refractivity contribution >= 4 is 28.2 Å². The number of nitrogens with zero attached hydrogens (tertiary/aromatic N) is 6. The number of hydrogen-bond acceptors (Lipinski definition) is 10. The Morgan fingerprint density at radius 1 is 1.19 bits per heavy atom. The van der Waals surface area contributed by atoms with Gasteiger partial charge in [0.15, 0.2) is 5.82 Å². The third kappa shape index (κ3) is 5.28. The molecule has 15 heteroatoms. The maximum absolute atomic E-state index is 16.9. The molecule has 0 saturated carbocycles. The number of ether oxygens (including phenoxy) is 2. The summed E-state index contributed by atoms with van der Waals surface area (Å²) in [5.74, 6) is -1.13. The lowest BCUT2D eigenvalue weighted by atomic mass is 9.95. The van der Waals surface area contributed by atoms with Gasteiger partial charge in [-0.25, -0.2) is 28.7 Å². The molecule has 3 aliphatic heterocycles. The minimum atomic E-state index is -4.89. The van der Waals surface area contributed by atoms with Crippen molar-refractivity contribution in [1.29, 1.82) is 0 Å². The molecular formula is C33H35F5N8O2. The van der Waals surface area contributed by atoms with Crippen LogP contribution in [0.2, 0.25) is 0 Å². The summed E-state index contributed by atoms with van der Waals surface area (Å²) >= 11 is 0. The highest BCUT2D eigenvalue weighted by molar-refractivity contribution is 5.99. The van der Waals surface area contributed by atoms with Gasteiger partial charge in [0.1, 0.15) is 42.2 Å². The van der Waals surface area contributed by atoms with Crippen LogP contribution in [0.15, 0.2) is 30.5 Å². The van der Waals surface area contributed by atoms with Gasteiger partial charge in [0, 0.05) is 36.4 Å². The molecule has 0 bridgehead atoms. The predicted octanol–water partition coefficient (Wildman–Crippen LogP) is 6.02. The number of alkyl halides is 4. The summed E-state index contributed by atoms with van der Waals surface area (Å²) < 4.78 is 86.9. The van der Waals surface area contributed by atoms with Crippen LogP contribution in [0.3, 0.4) is 0 Å². The van der Waals surface area contributed by atoms with E-state index >= 15 is 4.39 Å². The van der Waals surface area contributed by atoms with Crippen LogP contribution in [0.5, 0.6) is 11.8 Å². The van der Waals surface area contributed by atoms with Gasteiger partial charge in [0.25, 0.3) is 0 Å². The maximum Gasteiger partial charge on any atom is 0.418 e. The number of aromatic nitrogens is 4. The molecule has 0 spiro atoms. The Kier molecular flexibility index (Phi) is 7.72. The van der Waals surface area contributed by atoms with Crippen molar-refractivity contribution < 1.29 is 31.4 Å². The number of rotatable bonds is 6. The second kappa shape index (κ2) is 11.6. The molecule has 48 heavy (non-hydrogen) atoms. The van der Waals surface area contributed by atoms with Gasteiger partial charge in [-0.2, -0.15) is 13.2 Å². The molecule has 4 atom stereocenters. The Hall–Kier alpha value is -4.53. The van der Waals surface area contributed by atoms with E-state index in [1.165, 1.54) is 0 Å². The van der Waals surface area contributed by atoms with Crippen molar-refractivity contribution in [3.63, 3.8) is 0 Å². The summed E-state index contributed by atoms with van der Waals surface area (Å²) in [7, 11) is 0. The van der Waals surface area contributed by atoms with Crippen molar-refractivity contribution in [2.24, 2.45) is 0 Å². The summed E-state index contributed by atoms with van der Waals surface area (Å²) in [5.41, 5.74) is 9.61. The number of pyridine rings is 4. The van der Waals surface area contributed by atoms with Crippen LogP contribution in [-0.2, 0) is 6.18 Å². The molecule has 0 amide bonds. The highest BCUT2D eigenvalue weighted by Gasteiger charge is 2.49. The molecule has 3 aliphatic rings. The number of halogens is 5. The van der Waals surface area contributed by atoms with E-state index in [1.54, 1.807) is 18.3 Å². The monoisotopic (exact) mass is 670 g/mol. The molecular weight excluding hydrogens is 635 g/mol. The van der Waals surface area contributed by atoms with Crippen molar-refractivity contribution in [3.05, 3.63) is 53.1 Å². The lowest BCUT2D eigenvalue weighted by molar-refractivity contribution is -0.137. The number of anilines is 3. The zero-order chi connectivity index (χ0) is 34.1. The van der Waals surface area contributed by atoms with Gasteiger partial charge in [-0.3, -0.25) is 4.90 Å². The number of fused-ring (bicyclic) bond motifs is 1. The zero-order valence-corrected chi connectivity index (χ0v) is 26.6. The molecule has 0 radical (unpaired) electrons. The van der Waals surface area contributed by atoms with Crippen LogP contribution < -0.4 is 25.8 Å². The highest BCUT2D eigenvalue weighted by Crippen LogP contribution is 2.47. The molecule has 0 unspecified atom stereocenters. The van der Waals surface area contributed by atoms with Gasteiger partial charge in [0.2, 0.25) is 11.8 Å². The van der Waals surface area contributed by atoms with Gasteiger partial charge < -0.3 is 25.8 Å². The number of nitrogen functional groups attached to an aromatic ring is 2. The fraction of sp³-hybridized carbons (Fsp3) is 0.455. The lowest BCUT2D eigenvalue weighted by Crippen LogP contribution is -2.43. The Labute approximate surface area is 273 Å². The van der Waals surface area contributed by atoms with E-state index in [9.17, 15) is 17.6 Å². The van der Waals surface area contributed by atoms with Gasteiger partial charge in [-0.15, -0.1) is 0 Å². The first-order valence-electron chi connectivity index (χ1n) is 15.8. The lowest BCUT2D eigenvalue weighted by Gasteiger charge is -2.36. The fourth-order valence-corrected chi connectivity index (χ4v) is 7.70. The van der Waals surface area contributed by atoms with Crippen molar-refractivity contribution in [3.8, 4) is 23.0 Å². The Bertz CT molecular complexity index is 1910. The average molecular weight is 671 g/mol. The van der Waals surface area contributed by atoms with E-state index < -0.39 is 52.3 Å². The van der Waals surface area contributed by atoms with Crippen molar-refractivity contribution in [1.82, 2.24) is 24.8 Å². The largest absolute Gasteiger partial charge is 0.476 e. The summed E-state index contributed by atoms with van der Waals surface area (Å²) in [6.07, 6.45) is -2.38. The van der Waals surface area contributed by atoms with E-state index in [4.69, 9.17) is 20.9 Å². The Morgan fingerprint density at radius 2 is 1.98 bits per heavy atom. The maximum atomic E-state index is 16.9. The van der Waals surface area contributed by atoms with Crippen LogP contribution in [-0.4, -0.2) is 68.9 Å². The van der Waals surface area contributed by atoms with Crippen LogP contribution in [0.4, 0.5) is 39.3 Å². The van der Waals surface area contributed by atoms with E-state index in [0.717, 1.165) is 32.4 Å². The molecule has 7 rings (SSSR count). The van der Waals surface area contributed by atoms with E-state index in [0.29, 0.717) is 30.0 Å². The normalized spacial score (nSPS) is 23.2. The van der Waals surface area contributed by atoms with E-state index in [1.807, 2.05) is 24.8 Å². The molecule has 10 nitrogen and oxygen atoms in total. The minimum Gasteiger partial charge on any atom is -0.476 e. The first kappa shape index (κ1) is 32.0. The predicted molar refractivity (Wildman–Crippen MR) is 170 cm³/mol. The Balaban J connectivity index is 1.45. The van der Waals surface area contributed by atoms with Crippen molar-refractivity contribution in [2.75, 3.05) is 42.7 Å². The quantitative estimate of drug-likeness (QED) is 0.235. The highest BCUT2D eigenvalue weighted by atomic mass is 19.4. The third-order valence-electron chi connectivity index (χ3n) is 9.78. The van der Waals surface area contributed by atoms with Gasteiger partial charge in [-0.05, 0) is 52.3 Å². The van der Waals surface area contributed by atoms with E-state index in [-0.39, 0.29) is 47.7 Å². The summed E-state index contributed by atoms with van der Waals surface area (Å²) in [4.78, 5) is 20.9. The first-order valence-corrected chi connectivity index (χ1v) is 15.8. The molecule has 2 fully saturated rings. The fourth-order valence-electron chi connectivity index (χ4n) is 7.70. The molecule has 254 valence electrons. The van der Waals surface area contributed by atoms with Gasteiger partial charge in [0.05, 0.1) is 40.0 Å². The van der Waals surface area contributed by atoms with Crippen LogP contribution >= 0.6 is 0 Å². The number of aryl methyl sites for hydroxylation is 1. The van der Waals surface area contributed by atoms with Crippen LogP contribution in [0, 0.1) is 12.7 Å². The number of hydrogen-bond donors (Lipinski definition) is 2. The summed E-state index contributed by atoms with van der Waals surface area (Å²) in [6.45, 7) is 6.16. The minimum absolute atomic E-state index is 0.0231. The molecule has 0 aliphatic carbocycles. The number of nitrogens with two attached hydrogens (primary N) is 2. The van der Waals surface area contributed by atoms with Crippen molar-refractivity contribution in [2.45, 2.75) is 70.0 Å². The van der Waals surface area contributed by atoms with Gasteiger partial charge in [-0.1, -0.05) is 6.07 Å². The summed E-state index contributed by atoms with van der Waals surface area (Å²) in [6, 6.07) is 5.40. The van der Waals surface area contributed by atoms with E-state index in [2.05, 4.69) is 24.8 Å². The van der Waals surface area contributed by atoms with Crippen LogP contribution in [0.1, 0.15) is 56.0 Å². The molecule has 4 aromatic rings.